The van der Waals surface area contributed by atoms with Crippen molar-refractivity contribution in [1.29, 1.82) is 0 Å². The summed E-state index contributed by atoms with van der Waals surface area (Å²) in [7, 11) is 0. The Bertz CT molecular complexity index is 910. The molecule has 0 aliphatic carbocycles. The van der Waals surface area contributed by atoms with E-state index in [1.807, 2.05) is 17.0 Å². The molecule has 0 unspecified atom stereocenters. The molecular weight excluding hydrogens is 388 g/mol. The van der Waals surface area contributed by atoms with E-state index in [4.69, 9.17) is 9.47 Å². The predicted molar refractivity (Wildman–Crippen MR) is 111 cm³/mol. The van der Waals surface area contributed by atoms with Crippen LogP contribution >= 0.6 is 0 Å². The summed E-state index contributed by atoms with van der Waals surface area (Å²) in [5, 5.41) is 14.4. The Balaban J connectivity index is 1.22. The van der Waals surface area contributed by atoms with E-state index in [2.05, 4.69) is 15.5 Å². The molecule has 30 heavy (non-hydrogen) atoms. The summed E-state index contributed by atoms with van der Waals surface area (Å²) in [5.41, 5.74) is 1.56. The van der Waals surface area contributed by atoms with E-state index in [1.165, 1.54) is 0 Å². The minimum absolute atomic E-state index is 0.151. The van der Waals surface area contributed by atoms with Crippen molar-refractivity contribution in [1.82, 2.24) is 10.2 Å². The summed E-state index contributed by atoms with van der Waals surface area (Å²) in [6.07, 6.45) is 0. The van der Waals surface area contributed by atoms with Gasteiger partial charge in [0.2, 0.25) is 5.91 Å². The van der Waals surface area contributed by atoms with Crippen LogP contribution in [0.15, 0.2) is 42.5 Å². The topological polar surface area (TPSA) is 103 Å². The number of carbonyl (C=O) groups is 2. The van der Waals surface area contributed by atoms with Gasteiger partial charge in [0.25, 0.3) is 0 Å². The number of urea groups is 1. The van der Waals surface area contributed by atoms with E-state index in [-0.39, 0.29) is 18.2 Å². The smallest absolute Gasteiger partial charge is 0.325 e. The lowest BCUT2D eigenvalue weighted by Gasteiger charge is -2.35. The van der Waals surface area contributed by atoms with Crippen molar-refractivity contribution in [2.45, 2.75) is 0 Å². The third-order valence-corrected chi connectivity index (χ3v) is 5.01. The summed E-state index contributed by atoms with van der Waals surface area (Å²) in [5.74, 6) is 1.08. The van der Waals surface area contributed by atoms with E-state index < -0.39 is 6.03 Å². The zero-order valence-corrected chi connectivity index (χ0v) is 16.5. The van der Waals surface area contributed by atoms with E-state index in [0.29, 0.717) is 43.5 Å². The number of aromatic hydroxyl groups is 1. The van der Waals surface area contributed by atoms with Gasteiger partial charge in [-0.05, 0) is 36.4 Å². The molecule has 3 amide bonds. The molecular formula is C21H24N4O5. The molecule has 158 valence electrons. The predicted octanol–water partition coefficient (Wildman–Crippen LogP) is 1.63. The maximum atomic E-state index is 12.2. The van der Waals surface area contributed by atoms with Gasteiger partial charge in [-0.15, -0.1) is 0 Å². The molecule has 2 heterocycles. The fraction of sp³-hybridized carbons (Fsp3) is 0.333. The van der Waals surface area contributed by atoms with Crippen LogP contribution in [0.3, 0.4) is 0 Å². The normalized spacial score (nSPS) is 16.1. The van der Waals surface area contributed by atoms with Gasteiger partial charge in [-0.2, -0.15) is 0 Å². The molecule has 2 aromatic rings. The number of ether oxygens (including phenoxy) is 2. The van der Waals surface area contributed by atoms with Crippen molar-refractivity contribution in [3.63, 3.8) is 0 Å². The van der Waals surface area contributed by atoms with Gasteiger partial charge < -0.3 is 24.8 Å². The zero-order valence-electron chi connectivity index (χ0n) is 16.5. The Morgan fingerprint density at radius 3 is 2.37 bits per heavy atom. The van der Waals surface area contributed by atoms with Crippen LogP contribution in [0.25, 0.3) is 0 Å². The Labute approximate surface area is 174 Å². The molecule has 9 nitrogen and oxygen atoms in total. The van der Waals surface area contributed by atoms with Crippen LogP contribution in [0.4, 0.5) is 16.2 Å². The van der Waals surface area contributed by atoms with E-state index in [1.54, 1.807) is 30.3 Å². The van der Waals surface area contributed by atoms with E-state index >= 15 is 0 Å². The molecule has 0 bridgehead atoms. The van der Waals surface area contributed by atoms with Crippen LogP contribution in [0.2, 0.25) is 0 Å². The van der Waals surface area contributed by atoms with Crippen LogP contribution in [0.5, 0.6) is 17.2 Å². The zero-order chi connectivity index (χ0) is 20.9. The SMILES string of the molecule is O=C(CN1CCN(c2ccc(O)cc2)CC1)NC(=O)Nc1ccc2c(c1)OCCO2. The quantitative estimate of drug-likeness (QED) is 0.701. The third-order valence-electron chi connectivity index (χ3n) is 5.01. The molecule has 2 aliphatic heterocycles. The van der Waals surface area contributed by atoms with Crippen LogP contribution in [-0.4, -0.2) is 67.9 Å². The number of anilines is 2. The second-order valence-electron chi connectivity index (χ2n) is 7.14. The molecule has 9 heteroatoms. The number of nitrogens with zero attached hydrogens (tertiary/aromatic N) is 2. The molecule has 0 spiro atoms. The number of hydrogen-bond acceptors (Lipinski definition) is 7. The number of phenolic OH excluding ortho intramolecular Hbond substituents is 1. The standard InChI is InChI=1S/C21H24N4O5/c26-17-4-2-16(3-5-17)25-9-7-24(8-10-25)14-20(27)23-21(28)22-15-1-6-18-19(13-15)30-12-11-29-18/h1-6,13,26H,7-12,14H2,(H2,22,23,27,28). The van der Waals surface area contributed by atoms with Gasteiger partial charge >= 0.3 is 6.03 Å². The lowest BCUT2D eigenvalue weighted by Crippen LogP contribution is -2.50. The number of hydrogen-bond donors (Lipinski definition) is 3. The average molecular weight is 412 g/mol. The Kier molecular flexibility index (Phi) is 5.89. The third kappa shape index (κ3) is 4.93. The molecule has 1 fully saturated rings. The fourth-order valence-electron chi connectivity index (χ4n) is 3.48. The second-order valence-corrected chi connectivity index (χ2v) is 7.14. The highest BCUT2D eigenvalue weighted by molar-refractivity contribution is 6.01. The van der Waals surface area contributed by atoms with Crippen molar-refractivity contribution >= 4 is 23.3 Å². The van der Waals surface area contributed by atoms with Gasteiger partial charge in [-0.25, -0.2) is 4.79 Å². The number of nitrogens with one attached hydrogen (secondary N) is 2. The summed E-state index contributed by atoms with van der Waals surface area (Å²) >= 11 is 0. The summed E-state index contributed by atoms with van der Waals surface area (Å²) in [4.78, 5) is 28.6. The van der Waals surface area contributed by atoms with Crippen LogP contribution in [0, 0.1) is 0 Å². The molecule has 3 N–H and O–H groups in total. The molecule has 1 saturated heterocycles. The first-order chi connectivity index (χ1) is 14.6. The highest BCUT2D eigenvalue weighted by Gasteiger charge is 2.20. The molecule has 0 radical (unpaired) electrons. The number of fused-ring (bicyclic) bond motifs is 1. The first-order valence-corrected chi connectivity index (χ1v) is 9.84. The first kappa shape index (κ1) is 19.8. The van der Waals surface area contributed by atoms with Crippen molar-refractivity contribution in [2.24, 2.45) is 0 Å². The monoisotopic (exact) mass is 412 g/mol. The molecule has 0 atom stereocenters. The average Bonchev–Trinajstić information content (AvgIpc) is 2.74. The number of carbonyl (C=O) groups excluding carboxylic acids is 2. The van der Waals surface area contributed by atoms with Crippen molar-refractivity contribution in [2.75, 3.05) is 56.2 Å². The molecule has 0 saturated carbocycles. The first-order valence-electron chi connectivity index (χ1n) is 9.84. The summed E-state index contributed by atoms with van der Waals surface area (Å²) in [6.45, 7) is 4.05. The molecule has 0 aromatic heterocycles. The fourth-order valence-corrected chi connectivity index (χ4v) is 3.48. The Morgan fingerprint density at radius 2 is 1.63 bits per heavy atom. The number of phenols is 1. The second kappa shape index (κ2) is 8.91. The Hall–Kier alpha value is -3.46. The number of benzene rings is 2. The summed E-state index contributed by atoms with van der Waals surface area (Å²) in [6, 6.07) is 11.6. The van der Waals surface area contributed by atoms with E-state index in [0.717, 1.165) is 18.8 Å². The number of imide groups is 1. The lowest BCUT2D eigenvalue weighted by molar-refractivity contribution is -0.121. The minimum atomic E-state index is -0.584. The maximum Gasteiger partial charge on any atom is 0.325 e. The maximum absolute atomic E-state index is 12.2. The highest BCUT2D eigenvalue weighted by Crippen LogP contribution is 2.32. The molecule has 2 aromatic carbocycles. The van der Waals surface area contributed by atoms with Crippen molar-refractivity contribution < 1.29 is 24.2 Å². The van der Waals surface area contributed by atoms with Gasteiger partial charge in [0.1, 0.15) is 19.0 Å². The summed E-state index contributed by atoms with van der Waals surface area (Å²) < 4.78 is 10.9. The van der Waals surface area contributed by atoms with Gasteiger partial charge in [0.15, 0.2) is 11.5 Å². The largest absolute Gasteiger partial charge is 0.508 e. The van der Waals surface area contributed by atoms with Crippen molar-refractivity contribution in [3.05, 3.63) is 42.5 Å². The van der Waals surface area contributed by atoms with Crippen LogP contribution in [0.1, 0.15) is 0 Å². The Morgan fingerprint density at radius 1 is 0.933 bits per heavy atom. The van der Waals surface area contributed by atoms with E-state index in [9.17, 15) is 14.7 Å². The highest BCUT2D eigenvalue weighted by atomic mass is 16.6. The minimum Gasteiger partial charge on any atom is -0.508 e. The number of piperazine rings is 1. The molecule has 2 aliphatic rings. The van der Waals surface area contributed by atoms with Gasteiger partial charge in [0, 0.05) is 43.6 Å². The molecule has 4 rings (SSSR count). The van der Waals surface area contributed by atoms with Crippen LogP contribution in [-0.2, 0) is 4.79 Å². The van der Waals surface area contributed by atoms with Crippen LogP contribution < -0.4 is 25.0 Å². The van der Waals surface area contributed by atoms with Gasteiger partial charge in [0.05, 0.1) is 6.54 Å². The van der Waals surface area contributed by atoms with Gasteiger partial charge in [-0.1, -0.05) is 0 Å². The lowest BCUT2D eigenvalue weighted by atomic mass is 10.2. The number of rotatable bonds is 4. The van der Waals surface area contributed by atoms with Gasteiger partial charge in [-0.3, -0.25) is 15.0 Å². The van der Waals surface area contributed by atoms with Crippen molar-refractivity contribution in [3.8, 4) is 17.2 Å². The number of amides is 3.